The van der Waals surface area contributed by atoms with Gasteiger partial charge in [0.2, 0.25) is 11.8 Å². The minimum absolute atomic E-state index is 0.0508. The Morgan fingerprint density at radius 2 is 1.89 bits per heavy atom. The highest BCUT2D eigenvalue weighted by Crippen LogP contribution is 2.18. The topological polar surface area (TPSA) is 77.2 Å². The first-order chi connectivity index (χ1) is 12.9. The first-order valence-electron chi connectivity index (χ1n) is 9.66. The van der Waals surface area contributed by atoms with E-state index >= 15 is 0 Å². The molecule has 1 N–H and O–H groups in total. The zero-order chi connectivity index (χ0) is 19.5. The Labute approximate surface area is 161 Å². The molecule has 2 rings (SSSR count). The molecule has 0 spiro atoms. The van der Waals surface area contributed by atoms with Crippen molar-refractivity contribution in [3.8, 4) is 0 Å². The van der Waals surface area contributed by atoms with Gasteiger partial charge in [-0.05, 0) is 24.8 Å². The third-order valence-electron chi connectivity index (χ3n) is 4.10. The smallest absolute Gasteiger partial charge is 0.226 e. The molecule has 0 aliphatic heterocycles. The molecule has 0 fully saturated rings. The molecule has 148 valence electrons. The number of nitrogens with one attached hydrogen (secondary N) is 1. The first-order valence-corrected chi connectivity index (χ1v) is 9.66. The molecular formula is C21H31N3O3. The maximum Gasteiger partial charge on any atom is 0.226 e. The summed E-state index contributed by atoms with van der Waals surface area (Å²) in [6, 6.07) is 10.3. The third-order valence-corrected chi connectivity index (χ3v) is 4.10. The van der Waals surface area contributed by atoms with Gasteiger partial charge in [0.05, 0.1) is 6.61 Å². The van der Waals surface area contributed by atoms with E-state index in [0.29, 0.717) is 50.7 Å². The fourth-order valence-corrected chi connectivity index (χ4v) is 2.49. The van der Waals surface area contributed by atoms with Crippen LogP contribution in [0, 0.1) is 0 Å². The number of aromatic nitrogens is 2. The normalized spacial score (nSPS) is 11.5. The quantitative estimate of drug-likeness (QED) is 0.611. The number of hydrogen-bond acceptors (Lipinski definition) is 5. The molecule has 1 aromatic carbocycles. The lowest BCUT2D eigenvalue weighted by Gasteiger charge is -2.10. The van der Waals surface area contributed by atoms with Gasteiger partial charge in [0.25, 0.3) is 0 Å². The van der Waals surface area contributed by atoms with Crippen LogP contribution >= 0.6 is 0 Å². The average Bonchev–Trinajstić information content (AvgIpc) is 3.11. The molecule has 0 bridgehead atoms. The van der Waals surface area contributed by atoms with Crippen LogP contribution < -0.4 is 5.32 Å². The molecule has 6 heteroatoms. The summed E-state index contributed by atoms with van der Waals surface area (Å²) >= 11 is 0. The van der Waals surface area contributed by atoms with E-state index in [1.165, 1.54) is 5.56 Å². The van der Waals surface area contributed by atoms with Crippen LogP contribution in [0.3, 0.4) is 0 Å². The number of carbonyl (C=O) groups is 1. The second kappa shape index (κ2) is 10.8. The van der Waals surface area contributed by atoms with Gasteiger partial charge in [-0.2, -0.15) is 4.98 Å². The van der Waals surface area contributed by atoms with Crippen LogP contribution in [0.15, 0.2) is 34.9 Å². The fourth-order valence-electron chi connectivity index (χ4n) is 2.49. The summed E-state index contributed by atoms with van der Waals surface area (Å²) < 4.78 is 10.8. The van der Waals surface area contributed by atoms with E-state index in [0.717, 1.165) is 12.8 Å². The first kappa shape index (κ1) is 21.1. The lowest BCUT2D eigenvalue weighted by Crippen LogP contribution is -2.25. The standard InChI is InChI=1S/C21H31N3O3/c1-21(2,3)20-23-19(27-24-20)12-7-11-18(25)22-14-8-15-26-16-13-17-9-5-4-6-10-17/h4-6,9-10H,7-8,11-16H2,1-3H3,(H,22,25). The summed E-state index contributed by atoms with van der Waals surface area (Å²) in [5, 5.41) is 6.91. The highest BCUT2D eigenvalue weighted by atomic mass is 16.5. The molecule has 27 heavy (non-hydrogen) atoms. The average molecular weight is 373 g/mol. The van der Waals surface area contributed by atoms with Crippen LogP contribution in [-0.2, 0) is 27.8 Å². The van der Waals surface area contributed by atoms with Crippen LogP contribution in [0.25, 0.3) is 0 Å². The number of hydrogen-bond donors (Lipinski definition) is 1. The van der Waals surface area contributed by atoms with Gasteiger partial charge < -0.3 is 14.6 Å². The van der Waals surface area contributed by atoms with Gasteiger partial charge in [0, 0.05) is 31.4 Å². The number of carbonyl (C=O) groups excluding carboxylic acids is 1. The molecule has 0 aliphatic rings. The van der Waals surface area contributed by atoms with E-state index in [4.69, 9.17) is 9.26 Å². The molecule has 0 aliphatic carbocycles. The molecule has 0 saturated heterocycles. The van der Waals surface area contributed by atoms with Crippen molar-refractivity contribution in [2.45, 2.75) is 58.3 Å². The van der Waals surface area contributed by atoms with Crippen LogP contribution in [0.4, 0.5) is 0 Å². The van der Waals surface area contributed by atoms with Gasteiger partial charge >= 0.3 is 0 Å². The summed E-state index contributed by atoms with van der Waals surface area (Å²) in [4.78, 5) is 16.2. The lowest BCUT2D eigenvalue weighted by atomic mass is 9.96. The third kappa shape index (κ3) is 8.35. The van der Waals surface area contributed by atoms with Crippen molar-refractivity contribution in [2.75, 3.05) is 19.8 Å². The van der Waals surface area contributed by atoms with E-state index in [1.54, 1.807) is 0 Å². The number of rotatable bonds is 11. The molecule has 0 radical (unpaired) electrons. The van der Waals surface area contributed by atoms with Crippen molar-refractivity contribution < 1.29 is 14.1 Å². The van der Waals surface area contributed by atoms with Crippen molar-refractivity contribution in [3.05, 3.63) is 47.6 Å². The minimum atomic E-state index is -0.123. The van der Waals surface area contributed by atoms with Crippen LogP contribution in [0.2, 0.25) is 0 Å². The summed E-state index contributed by atoms with van der Waals surface area (Å²) in [5.41, 5.74) is 1.16. The Morgan fingerprint density at radius 3 is 2.59 bits per heavy atom. The molecular weight excluding hydrogens is 342 g/mol. The summed E-state index contributed by atoms with van der Waals surface area (Å²) in [7, 11) is 0. The molecule has 1 aromatic heterocycles. The Morgan fingerprint density at radius 1 is 1.11 bits per heavy atom. The van der Waals surface area contributed by atoms with E-state index in [2.05, 4.69) is 27.6 Å². The van der Waals surface area contributed by atoms with Crippen LogP contribution in [-0.4, -0.2) is 35.8 Å². The van der Waals surface area contributed by atoms with Gasteiger partial charge in [0.1, 0.15) is 0 Å². The largest absolute Gasteiger partial charge is 0.381 e. The predicted molar refractivity (Wildman–Crippen MR) is 105 cm³/mol. The second-order valence-corrected chi connectivity index (χ2v) is 7.67. The highest BCUT2D eigenvalue weighted by Gasteiger charge is 2.20. The van der Waals surface area contributed by atoms with Crippen molar-refractivity contribution in [2.24, 2.45) is 0 Å². The van der Waals surface area contributed by atoms with Crippen molar-refractivity contribution >= 4 is 5.91 Å². The molecule has 0 atom stereocenters. The van der Waals surface area contributed by atoms with Gasteiger partial charge in [-0.25, -0.2) is 0 Å². The zero-order valence-corrected chi connectivity index (χ0v) is 16.7. The molecule has 2 aromatic rings. The van der Waals surface area contributed by atoms with Gasteiger partial charge in [-0.3, -0.25) is 4.79 Å². The Kier molecular flexibility index (Phi) is 8.45. The summed E-state index contributed by atoms with van der Waals surface area (Å²) in [5.74, 6) is 1.35. The highest BCUT2D eigenvalue weighted by molar-refractivity contribution is 5.75. The predicted octanol–water partition coefficient (Wildman–Crippen LogP) is 3.46. The van der Waals surface area contributed by atoms with Crippen LogP contribution in [0.1, 0.15) is 57.3 Å². The number of aryl methyl sites for hydroxylation is 1. The van der Waals surface area contributed by atoms with E-state index in [-0.39, 0.29) is 11.3 Å². The number of benzene rings is 1. The van der Waals surface area contributed by atoms with Gasteiger partial charge in [0.15, 0.2) is 5.82 Å². The summed E-state index contributed by atoms with van der Waals surface area (Å²) in [6.45, 7) is 8.13. The Hall–Kier alpha value is -2.21. The fraction of sp³-hybridized carbons (Fsp3) is 0.571. The maximum absolute atomic E-state index is 11.9. The lowest BCUT2D eigenvalue weighted by molar-refractivity contribution is -0.121. The molecule has 1 amide bonds. The Balaban J connectivity index is 1.47. The van der Waals surface area contributed by atoms with Gasteiger partial charge in [-0.15, -0.1) is 0 Å². The Bertz CT molecular complexity index is 677. The van der Waals surface area contributed by atoms with E-state index in [9.17, 15) is 4.79 Å². The van der Waals surface area contributed by atoms with Crippen LogP contribution in [0.5, 0.6) is 0 Å². The monoisotopic (exact) mass is 373 g/mol. The SMILES string of the molecule is CC(C)(C)c1noc(CCCC(=O)NCCCOCCc2ccccc2)n1. The van der Waals surface area contributed by atoms with Gasteiger partial charge in [-0.1, -0.05) is 56.3 Å². The van der Waals surface area contributed by atoms with E-state index in [1.807, 2.05) is 39.0 Å². The number of amides is 1. The second-order valence-electron chi connectivity index (χ2n) is 7.67. The van der Waals surface area contributed by atoms with Crippen molar-refractivity contribution in [1.82, 2.24) is 15.5 Å². The molecule has 0 unspecified atom stereocenters. The number of ether oxygens (including phenoxy) is 1. The molecule has 1 heterocycles. The summed E-state index contributed by atoms with van der Waals surface area (Å²) in [6.07, 6.45) is 3.52. The minimum Gasteiger partial charge on any atom is -0.381 e. The number of nitrogens with zero attached hydrogens (tertiary/aromatic N) is 2. The molecule has 6 nitrogen and oxygen atoms in total. The molecule has 0 saturated carbocycles. The van der Waals surface area contributed by atoms with Crippen molar-refractivity contribution in [1.29, 1.82) is 0 Å². The van der Waals surface area contributed by atoms with E-state index < -0.39 is 0 Å². The zero-order valence-electron chi connectivity index (χ0n) is 16.7. The maximum atomic E-state index is 11.9. The van der Waals surface area contributed by atoms with Crippen molar-refractivity contribution in [3.63, 3.8) is 0 Å².